The van der Waals surface area contributed by atoms with Gasteiger partial charge in [0.2, 0.25) is 5.91 Å². The van der Waals surface area contributed by atoms with E-state index in [1.807, 2.05) is 23.7 Å². The van der Waals surface area contributed by atoms with Crippen molar-refractivity contribution in [3.05, 3.63) is 53.1 Å². The monoisotopic (exact) mass is 290 g/mol. The van der Waals surface area contributed by atoms with Crippen molar-refractivity contribution in [3.8, 4) is 0 Å². The zero-order valence-electron chi connectivity index (χ0n) is 11.1. The van der Waals surface area contributed by atoms with Crippen LogP contribution in [0.2, 0.25) is 5.02 Å². The van der Waals surface area contributed by atoms with Crippen molar-refractivity contribution in [2.24, 2.45) is 7.05 Å². The summed E-state index contributed by atoms with van der Waals surface area (Å²) in [5.41, 5.74) is 0.929. The van der Waals surface area contributed by atoms with Crippen LogP contribution < -0.4 is 5.32 Å². The van der Waals surface area contributed by atoms with Crippen LogP contribution in [0.4, 0.5) is 0 Å². The molecule has 0 radical (unpaired) electrons. The first-order chi connectivity index (χ1) is 9.65. The minimum atomic E-state index is -0.137. The van der Waals surface area contributed by atoms with Crippen molar-refractivity contribution in [3.63, 3.8) is 0 Å². The average Bonchev–Trinajstić information content (AvgIpc) is 2.84. The fourth-order valence-corrected chi connectivity index (χ4v) is 1.76. The Labute approximate surface area is 122 Å². The van der Waals surface area contributed by atoms with E-state index in [0.29, 0.717) is 18.0 Å². The first-order valence-electron chi connectivity index (χ1n) is 6.19. The normalized spacial score (nSPS) is 10.9. The Morgan fingerprint density at radius 2 is 2.15 bits per heavy atom. The number of aromatic nitrogens is 3. The van der Waals surface area contributed by atoms with E-state index < -0.39 is 0 Å². The Kier molecular flexibility index (Phi) is 4.90. The summed E-state index contributed by atoms with van der Waals surface area (Å²) in [7, 11) is 1.87. The molecule has 1 aromatic heterocycles. The van der Waals surface area contributed by atoms with Crippen LogP contribution in [0.3, 0.4) is 0 Å². The molecule has 0 aliphatic rings. The Balaban J connectivity index is 1.78. The van der Waals surface area contributed by atoms with Gasteiger partial charge in [-0.25, -0.2) is 0 Å². The number of halogens is 1. The Morgan fingerprint density at radius 1 is 1.40 bits per heavy atom. The Bertz CT molecular complexity index is 604. The summed E-state index contributed by atoms with van der Waals surface area (Å²) in [6.45, 7) is 0.524. The topological polar surface area (TPSA) is 59.8 Å². The minimum absolute atomic E-state index is 0.137. The highest BCUT2D eigenvalue weighted by Crippen LogP contribution is 2.10. The maximum Gasteiger partial charge on any atom is 0.244 e. The van der Waals surface area contributed by atoms with Crippen LogP contribution in [0.15, 0.2) is 36.7 Å². The smallest absolute Gasteiger partial charge is 0.244 e. The van der Waals surface area contributed by atoms with E-state index in [1.165, 1.54) is 6.08 Å². The average molecular weight is 291 g/mol. The molecule has 1 amide bonds. The van der Waals surface area contributed by atoms with Gasteiger partial charge < -0.3 is 9.88 Å². The third-order valence-electron chi connectivity index (χ3n) is 2.75. The maximum absolute atomic E-state index is 11.6. The maximum atomic E-state index is 11.6. The lowest BCUT2D eigenvalue weighted by atomic mass is 10.2. The largest absolute Gasteiger partial charge is 0.352 e. The fourth-order valence-electron chi connectivity index (χ4n) is 1.64. The summed E-state index contributed by atoms with van der Waals surface area (Å²) < 4.78 is 1.83. The molecule has 1 N–H and O–H groups in total. The lowest BCUT2D eigenvalue weighted by molar-refractivity contribution is -0.116. The van der Waals surface area contributed by atoms with Crippen molar-refractivity contribution in [1.29, 1.82) is 0 Å². The predicted molar refractivity (Wildman–Crippen MR) is 78.2 cm³/mol. The van der Waals surface area contributed by atoms with Gasteiger partial charge in [0.05, 0.1) is 0 Å². The van der Waals surface area contributed by atoms with Crippen LogP contribution in [0.1, 0.15) is 11.4 Å². The molecule has 0 atom stereocenters. The zero-order valence-corrected chi connectivity index (χ0v) is 11.8. The van der Waals surface area contributed by atoms with Gasteiger partial charge in [-0.1, -0.05) is 23.7 Å². The minimum Gasteiger partial charge on any atom is -0.352 e. The van der Waals surface area contributed by atoms with E-state index in [4.69, 9.17) is 11.6 Å². The molecule has 1 heterocycles. The zero-order chi connectivity index (χ0) is 14.4. The van der Waals surface area contributed by atoms with E-state index >= 15 is 0 Å². The molecular weight excluding hydrogens is 276 g/mol. The van der Waals surface area contributed by atoms with Gasteiger partial charge in [0.25, 0.3) is 0 Å². The van der Waals surface area contributed by atoms with Gasteiger partial charge in [0, 0.05) is 31.1 Å². The molecule has 0 unspecified atom stereocenters. The second-order valence-corrected chi connectivity index (χ2v) is 4.72. The van der Waals surface area contributed by atoms with E-state index in [0.717, 1.165) is 11.4 Å². The molecule has 6 heteroatoms. The molecule has 0 spiro atoms. The number of nitrogens with zero attached hydrogens (tertiary/aromatic N) is 3. The molecule has 20 heavy (non-hydrogen) atoms. The van der Waals surface area contributed by atoms with Gasteiger partial charge in [-0.05, 0) is 23.8 Å². The number of aryl methyl sites for hydroxylation is 1. The standard InChI is InChI=1S/C14H15ClN4O/c1-19-10-17-18-13(19)8-9-16-14(20)7-4-11-2-5-12(15)6-3-11/h2-7,10H,8-9H2,1H3,(H,16,20)/b7-4+. The third kappa shape index (κ3) is 4.20. The van der Waals surface area contributed by atoms with Gasteiger partial charge in [-0.15, -0.1) is 10.2 Å². The molecule has 0 fully saturated rings. The molecule has 2 aromatic rings. The Hall–Kier alpha value is -2.14. The molecule has 1 aromatic carbocycles. The lowest BCUT2D eigenvalue weighted by Gasteiger charge is -2.01. The number of rotatable bonds is 5. The SMILES string of the molecule is Cn1cnnc1CCNC(=O)/C=C/c1ccc(Cl)cc1. The second kappa shape index (κ2) is 6.86. The predicted octanol–water partition coefficient (Wildman–Crippen LogP) is 1.84. The summed E-state index contributed by atoms with van der Waals surface area (Å²) in [6.07, 6.45) is 5.53. The number of hydrogen-bond acceptors (Lipinski definition) is 3. The van der Waals surface area contributed by atoms with Gasteiger partial charge in [-0.3, -0.25) is 4.79 Å². The highest BCUT2D eigenvalue weighted by molar-refractivity contribution is 6.30. The number of amides is 1. The summed E-state index contributed by atoms with van der Waals surface area (Å²) in [4.78, 5) is 11.6. The number of nitrogens with one attached hydrogen (secondary N) is 1. The molecule has 0 aliphatic carbocycles. The molecular formula is C14H15ClN4O. The number of benzene rings is 1. The van der Waals surface area contributed by atoms with Crippen molar-refractivity contribution < 1.29 is 4.79 Å². The van der Waals surface area contributed by atoms with Gasteiger partial charge in [0.1, 0.15) is 12.2 Å². The second-order valence-electron chi connectivity index (χ2n) is 4.28. The molecule has 0 aliphatic heterocycles. The molecule has 0 bridgehead atoms. The van der Waals surface area contributed by atoms with Crippen molar-refractivity contribution in [1.82, 2.24) is 20.1 Å². The van der Waals surface area contributed by atoms with Crippen LogP contribution in [-0.2, 0) is 18.3 Å². The van der Waals surface area contributed by atoms with E-state index in [-0.39, 0.29) is 5.91 Å². The van der Waals surface area contributed by atoms with E-state index in [9.17, 15) is 4.79 Å². The van der Waals surface area contributed by atoms with E-state index in [1.54, 1.807) is 24.5 Å². The fraction of sp³-hybridized carbons (Fsp3) is 0.214. The highest BCUT2D eigenvalue weighted by atomic mass is 35.5. The number of carbonyl (C=O) groups is 1. The lowest BCUT2D eigenvalue weighted by Crippen LogP contribution is -2.24. The van der Waals surface area contributed by atoms with Crippen molar-refractivity contribution in [2.75, 3.05) is 6.54 Å². The Morgan fingerprint density at radius 3 is 2.80 bits per heavy atom. The van der Waals surface area contributed by atoms with Crippen molar-refractivity contribution >= 4 is 23.6 Å². The third-order valence-corrected chi connectivity index (χ3v) is 3.00. The first kappa shape index (κ1) is 14.3. The quantitative estimate of drug-likeness (QED) is 0.855. The highest BCUT2D eigenvalue weighted by Gasteiger charge is 2.01. The summed E-state index contributed by atoms with van der Waals surface area (Å²) >= 11 is 5.79. The van der Waals surface area contributed by atoms with Gasteiger partial charge in [-0.2, -0.15) is 0 Å². The molecule has 0 saturated heterocycles. The number of hydrogen-bond donors (Lipinski definition) is 1. The molecule has 5 nitrogen and oxygen atoms in total. The van der Waals surface area contributed by atoms with Crippen LogP contribution >= 0.6 is 11.6 Å². The number of carbonyl (C=O) groups excluding carboxylic acids is 1. The van der Waals surface area contributed by atoms with E-state index in [2.05, 4.69) is 15.5 Å². The molecule has 2 rings (SSSR count). The molecule has 0 saturated carbocycles. The van der Waals surface area contributed by atoms with Crippen molar-refractivity contribution in [2.45, 2.75) is 6.42 Å². The van der Waals surface area contributed by atoms with Gasteiger partial charge in [0.15, 0.2) is 0 Å². The summed E-state index contributed by atoms with van der Waals surface area (Å²) in [5.74, 6) is 0.703. The summed E-state index contributed by atoms with van der Waals surface area (Å²) in [5, 5.41) is 11.2. The van der Waals surface area contributed by atoms with Gasteiger partial charge >= 0.3 is 0 Å². The van der Waals surface area contributed by atoms with Crippen LogP contribution in [0.5, 0.6) is 0 Å². The summed E-state index contributed by atoms with van der Waals surface area (Å²) in [6, 6.07) is 7.28. The van der Waals surface area contributed by atoms with Crippen LogP contribution in [0.25, 0.3) is 6.08 Å². The molecule has 104 valence electrons. The van der Waals surface area contributed by atoms with Crippen LogP contribution in [0, 0.1) is 0 Å². The first-order valence-corrected chi connectivity index (χ1v) is 6.57. The van der Waals surface area contributed by atoms with Crippen LogP contribution in [-0.4, -0.2) is 27.2 Å².